The highest BCUT2D eigenvalue weighted by atomic mass is 32.2. The van der Waals surface area contributed by atoms with E-state index in [1.54, 1.807) is 34.9 Å². The van der Waals surface area contributed by atoms with Crippen LogP contribution in [0.1, 0.15) is 73.7 Å². The van der Waals surface area contributed by atoms with Crippen LogP contribution in [0.3, 0.4) is 0 Å². The molecule has 9 nitrogen and oxygen atoms in total. The van der Waals surface area contributed by atoms with E-state index in [9.17, 15) is 23.1 Å². The van der Waals surface area contributed by atoms with Crippen molar-refractivity contribution >= 4 is 33.8 Å². The van der Waals surface area contributed by atoms with Crippen molar-refractivity contribution in [2.75, 3.05) is 12.9 Å². The zero-order chi connectivity index (χ0) is 29.4. The van der Waals surface area contributed by atoms with Crippen LogP contribution in [0, 0.1) is 5.92 Å². The number of carboxylic acids is 1. The Balaban J connectivity index is 1.53. The summed E-state index contributed by atoms with van der Waals surface area (Å²) >= 11 is 1.31. The van der Waals surface area contributed by atoms with Gasteiger partial charge in [0.05, 0.1) is 11.5 Å². The maximum absolute atomic E-state index is 13.2. The molecule has 41 heavy (non-hydrogen) atoms. The van der Waals surface area contributed by atoms with Gasteiger partial charge in [-0.05, 0) is 48.6 Å². The van der Waals surface area contributed by atoms with Gasteiger partial charge in [-0.1, -0.05) is 75.1 Å². The Morgan fingerprint density at radius 1 is 1.10 bits per heavy atom. The van der Waals surface area contributed by atoms with Gasteiger partial charge in [-0.2, -0.15) is 0 Å². The SMILES string of the molecule is CCCCc1nc(SC)c(C(=O)O)n1Cc1ccc(-c2ccccc2S(=O)(=O)NC(=O)OCC2CCCCC2)cc1. The number of carbonyl (C=O) groups is 2. The van der Waals surface area contributed by atoms with Crippen molar-refractivity contribution in [1.82, 2.24) is 14.3 Å². The third kappa shape index (κ3) is 7.71. The second kappa shape index (κ2) is 14.0. The summed E-state index contributed by atoms with van der Waals surface area (Å²) < 4.78 is 35.4. The number of carbonyl (C=O) groups excluding carboxylic acids is 1. The molecule has 0 unspecified atom stereocenters. The molecule has 2 aromatic carbocycles. The molecule has 0 aliphatic heterocycles. The Bertz CT molecular complexity index is 1460. The van der Waals surface area contributed by atoms with Gasteiger partial charge in [0, 0.05) is 18.5 Å². The van der Waals surface area contributed by atoms with Crippen LogP contribution in [0.15, 0.2) is 58.5 Å². The van der Waals surface area contributed by atoms with Gasteiger partial charge in [-0.3, -0.25) is 0 Å². The molecule has 1 fully saturated rings. The summed E-state index contributed by atoms with van der Waals surface area (Å²) in [7, 11) is -4.18. The minimum Gasteiger partial charge on any atom is -0.476 e. The van der Waals surface area contributed by atoms with Gasteiger partial charge in [0.1, 0.15) is 10.9 Å². The van der Waals surface area contributed by atoms with Crippen molar-refractivity contribution in [1.29, 1.82) is 0 Å². The molecule has 0 saturated heterocycles. The van der Waals surface area contributed by atoms with Crippen molar-refractivity contribution in [2.45, 2.75) is 74.8 Å². The summed E-state index contributed by atoms with van der Waals surface area (Å²) in [5.41, 5.74) is 2.11. The highest BCUT2D eigenvalue weighted by molar-refractivity contribution is 7.98. The number of amides is 1. The standard InChI is InChI=1S/C30H37N3O6S2/c1-3-4-14-26-31-28(40-2)27(29(34)35)33(26)19-21-15-17-23(18-16-21)24-12-8-9-13-25(24)41(37,38)32-30(36)39-20-22-10-6-5-7-11-22/h8-9,12-13,15-18,22H,3-7,10-11,14,19-20H2,1-2H3,(H,32,36)(H,34,35). The molecule has 3 aromatic rings. The highest BCUT2D eigenvalue weighted by Gasteiger charge is 2.25. The predicted octanol–water partition coefficient (Wildman–Crippen LogP) is 6.36. The smallest absolute Gasteiger partial charge is 0.421 e. The van der Waals surface area contributed by atoms with E-state index in [0.717, 1.165) is 49.9 Å². The van der Waals surface area contributed by atoms with E-state index in [2.05, 4.69) is 16.6 Å². The number of benzene rings is 2. The number of aromatic carboxylic acids is 1. The maximum atomic E-state index is 13.2. The number of nitrogens with one attached hydrogen (secondary N) is 1. The van der Waals surface area contributed by atoms with Crippen molar-refractivity contribution < 1.29 is 27.9 Å². The third-order valence-electron chi connectivity index (χ3n) is 7.34. The predicted molar refractivity (Wildman–Crippen MR) is 159 cm³/mol. The number of nitrogens with zero attached hydrogens (tertiary/aromatic N) is 2. The van der Waals surface area contributed by atoms with Crippen molar-refractivity contribution in [3.05, 3.63) is 65.6 Å². The fourth-order valence-corrected chi connectivity index (χ4v) is 6.88. The van der Waals surface area contributed by atoms with Gasteiger partial charge in [-0.25, -0.2) is 27.7 Å². The van der Waals surface area contributed by atoms with Crippen molar-refractivity contribution in [3.8, 4) is 11.1 Å². The van der Waals surface area contributed by atoms with E-state index in [4.69, 9.17) is 4.74 Å². The average Bonchev–Trinajstić information content (AvgIpc) is 3.33. The van der Waals surface area contributed by atoms with Gasteiger partial charge in [0.15, 0.2) is 5.69 Å². The van der Waals surface area contributed by atoms with Crippen LogP contribution in [0.25, 0.3) is 11.1 Å². The third-order valence-corrected chi connectivity index (χ3v) is 9.38. The first-order chi connectivity index (χ1) is 19.7. The molecule has 1 amide bonds. The number of imidazole rings is 1. The summed E-state index contributed by atoms with van der Waals surface area (Å²) in [6, 6.07) is 13.8. The van der Waals surface area contributed by atoms with Gasteiger partial charge >= 0.3 is 12.1 Å². The number of hydrogen-bond acceptors (Lipinski definition) is 7. The number of sulfonamides is 1. The zero-order valence-electron chi connectivity index (χ0n) is 23.5. The number of unbranched alkanes of at least 4 members (excludes halogenated alkanes) is 1. The fourth-order valence-electron chi connectivity index (χ4n) is 5.17. The number of aromatic nitrogens is 2. The zero-order valence-corrected chi connectivity index (χ0v) is 25.1. The quantitative estimate of drug-likeness (QED) is 0.230. The van der Waals surface area contributed by atoms with E-state index in [0.29, 0.717) is 29.1 Å². The van der Waals surface area contributed by atoms with Crippen LogP contribution in [0.5, 0.6) is 0 Å². The Hall–Kier alpha value is -3.31. The van der Waals surface area contributed by atoms with Crippen LogP contribution in [-0.4, -0.2) is 48.0 Å². The summed E-state index contributed by atoms with van der Waals surface area (Å²) in [6.07, 6.45) is 8.73. The molecule has 1 aliphatic rings. The first-order valence-electron chi connectivity index (χ1n) is 14.0. The van der Waals surface area contributed by atoms with Crippen LogP contribution < -0.4 is 4.72 Å². The average molecular weight is 600 g/mol. The molecule has 1 saturated carbocycles. The van der Waals surface area contributed by atoms with Gasteiger partial charge in [0.25, 0.3) is 10.0 Å². The van der Waals surface area contributed by atoms with Gasteiger partial charge < -0.3 is 14.4 Å². The molecule has 1 aliphatic carbocycles. The lowest BCUT2D eigenvalue weighted by Crippen LogP contribution is -2.32. The lowest BCUT2D eigenvalue weighted by atomic mass is 9.90. The van der Waals surface area contributed by atoms with Crippen LogP contribution in [0.2, 0.25) is 0 Å². The number of thioether (sulfide) groups is 1. The van der Waals surface area contributed by atoms with Crippen molar-refractivity contribution in [3.63, 3.8) is 0 Å². The summed E-state index contributed by atoms with van der Waals surface area (Å²) in [5.74, 6) is -0.0207. The largest absolute Gasteiger partial charge is 0.476 e. The van der Waals surface area contributed by atoms with Crippen LogP contribution in [0.4, 0.5) is 4.79 Å². The molecule has 0 bridgehead atoms. The molecule has 1 aromatic heterocycles. The van der Waals surface area contributed by atoms with E-state index >= 15 is 0 Å². The number of rotatable bonds is 12. The van der Waals surface area contributed by atoms with Gasteiger partial charge in [-0.15, -0.1) is 11.8 Å². The van der Waals surface area contributed by atoms with E-state index < -0.39 is 22.1 Å². The summed E-state index contributed by atoms with van der Waals surface area (Å²) in [5, 5.41) is 10.4. The first-order valence-corrected chi connectivity index (χ1v) is 16.7. The minimum absolute atomic E-state index is 0.0309. The topological polar surface area (TPSA) is 128 Å². The molecule has 220 valence electrons. The maximum Gasteiger partial charge on any atom is 0.421 e. The Morgan fingerprint density at radius 3 is 2.46 bits per heavy atom. The second-order valence-electron chi connectivity index (χ2n) is 10.3. The molecule has 11 heteroatoms. The fraction of sp³-hybridized carbons (Fsp3) is 0.433. The van der Waals surface area contributed by atoms with E-state index in [1.807, 2.05) is 18.4 Å². The molecule has 0 spiro atoms. The minimum atomic E-state index is -4.18. The Labute approximate surface area is 245 Å². The van der Waals surface area contributed by atoms with E-state index in [1.165, 1.54) is 24.2 Å². The normalized spacial score (nSPS) is 14.1. The highest BCUT2D eigenvalue weighted by Crippen LogP contribution is 2.29. The Kier molecular flexibility index (Phi) is 10.5. The lowest BCUT2D eigenvalue weighted by molar-refractivity contribution is 0.0680. The lowest BCUT2D eigenvalue weighted by Gasteiger charge is -2.21. The van der Waals surface area contributed by atoms with Gasteiger partial charge in [0.2, 0.25) is 0 Å². The molecule has 2 N–H and O–H groups in total. The molecule has 1 heterocycles. The van der Waals surface area contributed by atoms with E-state index in [-0.39, 0.29) is 23.1 Å². The number of ether oxygens (including phenoxy) is 1. The van der Waals surface area contributed by atoms with Crippen LogP contribution >= 0.6 is 11.8 Å². The van der Waals surface area contributed by atoms with Crippen molar-refractivity contribution in [2.24, 2.45) is 5.92 Å². The first kappa shape index (κ1) is 30.6. The number of hydrogen-bond donors (Lipinski definition) is 2. The molecular weight excluding hydrogens is 562 g/mol. The van der Waals surface area contributed by atoms with Crippen LogP contribution in [-0.2, 0) is 27.7 Å². The molecular formula is C30H37N3O6S2. The summed E-state index contributed by atoms with van der Waals surface area (Å²) in [6.45, 7) is 2.61. The Morgan fingerprint density at radius 2 is 1.80 bits per heavy atom. The molecule has 0 atom stereocenters. The number of aryl methyl sites for hydroxylation is 1. The second-order valence-corrected chi connectivity index (χ2v) is 12.7. The molecule has 0 radical (unpaired) electrons. The monoisotopic (exact) mass is 599 g/mol. The number of carboxylic acid groups (broad SMARTS) is 1. The molecule has 4 rings (SSSR count). The summed E-state index contributed by atoms with van der Waals surface area (Å²) in [4.78, 5) is 29.0.